The number of nitrogens with zero attached hydrogens (tertiary/aromatic N) is 3. The fourth-order valence-corrected chi connectivity index (χ4v) is 6.22. The number of fused-ring (bicyclic) bond motifs is 3. The predicted molar refractivity (Wildman–Crippen MR) is 147 cm³/mol. The molecule has 7 nitrogen and oxygen atoms in total. The first-order valence-electron chi connectivity index (χ1n) is 14.0. The second kappa shape index (κ2) is 11.1. The number of para-hydroxylation sites is 1. The van der Waals surface area contributed by atoms with Crippen LogP contribution in [0.15, 0.2) is 67.0 Å². The molecule has 1 saturated heterocycles. The number of carbonyl (C=O) groups is 1. The first kappa shape index (κ1) is 29.9. The van der Waals surface area contributed by atoms with E-state index >= 15 is 0 Å². The minimum absolute atomic E-state index is 0.0108. The van der Waals surface area contributed by atoms with Crippen molar-refractivity contribution < 1.29 is 41.0 Å². The Morgan fingerprint density at radius 3 is 2.48 bits per heavy atom. The van der Waals surface area contributed by atoms with Crippen LogP contribution in [0.5, 0.6) is 5.75 Å². The number of ether oxygens (including phenoxy) is 1. The molecule has 2 aromatic heterocycles. The maximum absolute atomic E-state index is 14.4. The fourth-order valence-electron chi connectivity index (χ4n) is 6.22. The van der Waals surface area contributed by atoms with Crippen LogP contribution in [0.4, 0.5) is 26.3 Å². The van der Waals surface area contributed by atoms with Crippen molar-refractivity contribution >= 4 is 16.8 Å². The lowest BCUT2D eigenvalue weighted by atomic mass is 9.89. The minimum Gasteiger partial charge on any atom is -0.476 e. The average Bonchev–Trinajstić information content (AvgIpc) is 3.38. The van der Waals surface area contributed by atoms with Crippen LogP contribution in [0.2, 0.25) is 0 Å². The van der Waals surface area contributed by atoms with Gasteiger partial charge in [-0.25, -0.2) is 0 Å². The maximum atomic E-state index is 14.4. The number of alkyl halides is 6. The SMILES string of the molecule is O=C(N1CCc2c([nH]c3ccccc23)C1)C1(Oc2ccc(C(F)(F)F)cc2)CCCN(C(O)c2cnccc2C(F)(F)F)C1. The van der Waals surface area contributed by atoms with Crippen molar-refractivity contribution in [2.24, 2.45) is 0 Å². The van der Waals surface area contributed by atoms with Crippen molar-refractivity contribution in [2.75, 3.05) is 19.6 Å². The third kappa shape index (κ3) is 5.61. The summed E-state index contributed by atoms with van der Waals surface area (Å²) in [5, 5.41) is 12.2. The molecule has 44 heavy (non-hydrogen) atoms. The number of aromatic nitrogens is 2. The Hall–Kier alpha value is -4.10. The second-order valence-corrected chi connectivity index (χ2v) is 11.1. The summed E-state index contributed by atoms with van der Waals surface area (Å²) < 4.78 is 87.2. The van der Waals surface area contributed by atoms with Crippen molar-refractivity contribution in [3.63, 3.8) is 0 Å². The van der Waals surface area contributed by atoms with Gasteiger partial charge in [0.2, 0.25) is 0 Å². The van der Waals surface area contributed by atoms with E-state index in [-0.39, 0.29) is 38.2 Å². The van der Waals surface area contributed by atoms with Gasteiger partial charge < -0.3 is 19.7 Å². The van der Waals surface area contributed by atoms with Crippen LogP contribution in [0.25, 0.3) is 10.9 Å². The molecular formula is C31H28F6N4O3. The van der Waals surface area contributed by atoms with Crippen LogP contribution in [-0.4, -0.2) is 56.0 Å². The molecule has 4 heterocycles. The Kier molecular flexibility index (Phi) is 7.57. The summed E-state index contributed by atoms with van der Waals surface area (Å²) in [5.41, 5.74) is -1.29. The zero-order valence-corrected chi connectivity index (χ0v) is 23.3. The summed E-state index contributed by atoms with van der Waals surface area (Å²) in [4.78, 5) is 24.4. The fraction of sp³-hybridized carbons (Fsp3) is 0.355. The van der Waals surface area contributed by atoms with E-state index in [0.29, 0.717) is 13.0 Å². The number of benzene rings is 2. The number of nitrogens with one attached hydrogen (secondary N) is 1. The zero-order valence-electron chi connectivity index (χ0n) is 23.3. The molecule has 0 aliphatic carbocycles. The number of aliphatic hydroxyl groups is 1. The molecule has 2 aliphatic rings. The van der Waals surface area contributed by atoms with E-state index in [1.54, 1.807) is 4.90 Å². The highest BCUT2D eigenvalue weighted by molar-refractivity contribution is 5.88. The van der Waals surface area contributed by atoms with Gasteiger partial charge in [-0.15, -0.1) is 0 Å². The third-order valence-electron chi connectivity index (χ3n) is 8.32. The van der Waals surface area contributed by atoms with Crippen molar-refractivity contribution in [1.29, 1.82) is 0 Å². The Labute approximate surface area is 248 Å². The molecule has 0 saturated carbocycles. The molecular weight excluding hydrogens is 590 g/mol. The second-order valence-electron chi connectivity index (χ2n) is 11.1. The number of likely N-dealkylation sites (tertiary alicyclic amines) is 1. The zero-order chi connectivity index (χ0) is 31.3. The molecule has 2 atom stereocenters. The summed E-state index contributed by atoms with van der Waals surface area (Å²) in [6, 6.07) is 12.4. The lowest BCUT2D eigenvalue weighted by Gasteiger charge is -2.45. The van der Waals surface area contributed by atoms with Crippen LogP contribution in [-0.2, 0) is 30.1 Å². The van der Waals surface area contributed by atoms with Gasteiger partial charge in [0.25, 0.3) is 5.91 Å². The molecule has 1 fully saturated rings. The van der Waals surface area contributed by atoms with Gasteiger partial charge in [0.1, 0.15) is 12.0 Å². The smallest absolute Gasteiger partial charge is 0.416 e. The quantitative estimate of drug-likeness (QED) is 0.265. The molecule has 13 heteroatoms. The highest BCUT2D eigenvalue weighted by atomic mass is 19.4. The summed E-state index contributed by atoms with van der Waals surface area (Å²) >= 11 is 0. The van der Waals surface area contributed by atoms with E-state index < -0.39 is 46.8 Å². The van der Waals surface area contributed by atoms with Crippen molar-refractivity contribution in [2.45, 2.75) is 50.0 Å². The number of piperidine rings is 1. The number of pyridine rings is 1. The van der Waals surface area contributed by atoms with E-state index in [1.807, 2.05) is 24.3 Å². The average molecular weight is 619 g/mol. The van der Waals surface area contributed by atoms with E-state index in [4.69, 9.17) is 4.74 Å². The number of amides is 1. The van der Waals surface area contributed by atoms with Crippen LogP contribution >= 0.6 is 0 Å². The van der Waals surface area contributed by atoms with Gasteiger partial charge in [-0.1, -0.05) is 18.2 Å². The molecule has 1 amide bonds. The molecule has 2 aliphatic heterocycles. The highest BCUT2D eigenvalue weighted by Crippen LogP contribution is 2.39. The number of aromatic amines is 1. The number of hydrogen-bond donors (Lipinski definition) is 2. The monoisotopic (exact) mass is 618 g/mol. The molecule has 232 valence electrons. The number of halogens is 6. The van der Waals surface area contributed by atoms with Crippen LogP contribution in [0.1, 0.15) is 47.0 Å². The molecule has 0 radical (unpaired) electrons. The number of H-pyrrole nitrogens is 1. The normalized spacial score (nSPS) is 20.4. The Morgan fingerprint density at radius 1 is 1.00 bits per heavy atom. The van der Waals surface area contributed by atoms with Crippen LogP contribution in [0, 0.1) is 0 Å². The molecule has 4 aromatic rings. The standard InChI is InChI=1S/C31H28F6N4O3/c32-30(33,34)19-6-8-20(9-7-19)44-29(28(43)40-15-11-22-21-4-1-2-5-25(21)39-26(22)17-40)12-3-14-41(18-29)27(42)23-16-38-13-10-24(23)31(35,36)37/h1-2,4-10,13,16,27,39,42H,3,11-12,14-15,17-18H2. The van der Waals surface area contributed by atoms with Gasteiger partial charge >= 0.3 is 12.4 Å². The summed E-state index contributed by atoms with van der Waals surface area (Å²) in [5.74, 6) is -0.482. The molecule has 6 rings (SSSR count). The largest absolute Gasteiger partial charge is 0.476 e. The summed E-state index contributed by atoms with van der Waals surface area (Å²) in [6.07, 6.45) is -8.27. The van der Waals surface area contributed by atoms with Crippen molar-refractivity contribution in [3.05, 3.63) is 94.9 Å². The van der Waals surface area contributed by atoms with Crippen molar-refractivity contribution in [3.8, 4) is 5.75 Å². The molecule has 2 aromatic carbocycles. The maximum Gasteiger partial charge on any atom is 0.416 e. The Morgan fingerprint density at radius 2 is 1.75 bits per heavy atom. The first-order chi connectivity index (χ1) is 20.9. The van der Waals surface area contributed by atoms with Gasteiger partial charge in [0.05, 0.1) is 24.2 Å². The van der Waals surface area contributed by atoms with E-state index in [9.17, 15) is 36.2 Å². The number of carbonyl (C=O) groups excluding carboxylic acids is 1. The summed E-state index contributed by atoms with van der Waals surface area (Å²) in [6.45, 7) is 0.376. The van der Waals surface area contributed by atoms with Gasteiger partial charge in [-0.05, 0) is 61.2 Å². The van der Waals surface area contributed by atoms with Crippen molar-refractivity contribution in [1.82, 2.24) is 19.8 Å². The van der Waals surface area contributed by atoms with Crippen LogP contribution in [0.3, 0.4) is 0 Å². The topological polar surface area (TPSA) is 81.7 Å². The number of hydrogen-bond acceptors (Lipinski definition) is 5. The van der Waals surface area contributed by atoms with Gasteiger partial charge in [0.15, 0.2) is 5.60 Å². The molecule has 2 unspecified atom stereocenters. The van der Waals surface area contributed by atoms with Gasteiger partial charge in [-0.3, -0.25) is 14.7 Å². The Balaban J connectivity index is 1.34. The number of aliphatic hydroxyl groups excluding tert-OH is 1. The first-order valence-corrected chi connectivity index (χ1v) is 14.0. The molecule has 0 bridgehead atoms. The third-order valence-corrected chi connectivity index (χ3v) is 8.32. The minimum atomic E-state index is -4.76. The van der Waals surface area contributed by atoms with Gasteiger partial charge in [0, 0.05) is 47.6 Å². The number of rotatable bonds is 5. The lowest BCUT2D eigenvalue weighted by molar-refractivity contribution is -0.161. The summed E-state index contributed by atoms with van der Waals surface area (Å²) in [7, 11) is 0. The van der Waals surface area contributed by atoms with E-state index in [0.717, 1.165) is 64.9 Å². The Bertz CT molecular complexity index is 1670. The molecule has 2 N–H and O–H groups in total. The van der Waals surface area contributed by atoms with E-state index in [1.165, 1.54) is 4.90 Å². The van der Waals surface area contributed by atoms with Crippen LogP contribution < -0.4 is 4.74 Å². The lowest BCUT2D eigenvalue weighted by Crippen LogP contribution is -2.62. The van der Waals surface area contributed by atoms with E-state index in [2.05, 4.69) is 9.97 Å². The molecule has 0 spiro atoms. The van der Waals surface area contributed by atoms with Gasteiger partial charge in [-0.2, -0.15) is 26.3 Å². The predicted octanol–water partition coefficient (Wildman–Crippen LogP) is 6.09. The highest BCUT2D eigenvalue weighted by Gasteiger charge is 2.49.